The lowest BCUT2D eigenvalue weighted by Crippen LogP contribution is -2.47. The third-order valence-electron chi connectivity index (χ3n) is 8.03. The minimum absolute atomic E-state index is 0.0256. The highest BCUT2D eigenvalue weighted by molar-refractivity contribution is 6.00. The predicted molar refractivity (Wildman–Crippen MR) is 165 cm³/mol. The number of halogens is 3. The zero-order valence-electron chi connectivity index (χ0n) is 25.8. The number of carbonyl (C=O) groups is 2. The molecule has 10 nitrogen and oxygen atoms in total. The van der Waals surface area contributed by atoms with Gasteiger partial charge in [-0.15, -0.1) is 0 Å². The lowest BCUT2D eigenvalue weighted by atomic mass is 10.0. The van der Waals surface area contributed by atoms with E-state index in [4.69, 9.17) is 14.2 Å². The second-order valence-corrected chi connectivity index (χ2v) is 11.7. The van der Waals surface area contributed by atoms with Gasteiger partial charge in [-0.25, -0.2) is 4.79 Å². The minimum Gasteiger partial charge on any atom is -0.488 e. The van der Waals surface area contributed by atoms with Crippen molar-refractivity contribution in [2.24, 2.45) is 5.92 Å². The van der Waals surface area contributed by atoms with Crippen LogP contribution >= 0.6 is 0 Å². The largest absolute Gasteiger partial charge is 0.488 e. The second kappa shape index (κ2) is 13.9. The highest BCUT2D eigenvalue weighted by Crippen LogP contribution is 2.34. The Kier molecular flexibility index (Phi) is 9.92. The van der Waals surface area contributed by atoms with Crippen molar-refractivity contribution in [2.75, 3.05) is 44.2 Å². The molecule has 0 fully saturated rings. The van der Waals surface area contributed by atoms with E-state index >= 15 is 0 Å². The molecule has 0 aliphatic carbocycles. The number of nitrogens with zero attached hydrogens (tertiary/aromatic N) is 2. The molecule has 2 aliphatic rings. The van der Waals surface area contributed by atoms with Gasteiger partial charge in [0.2, 0.25) is 12.7 Å². The first-order chi connectivity index (χ1) is 21.9. The van der Waals surface area contributed by atoms with Crippen LogP contribution in [0.5, 0.6) is 17.2 Å². The van der Waals surface area contributed by atoms with Crippen molar-refractivity contribution < 1.29 is 42.1 Å². The first-order valence-electron chi connectivity index (χ1n) is 14.9. The third kappa shape index (κ3) is 8.01. The number of nitrogens with one attached hydrogen (secondary N) is 2. The van der Waals surface area contributed by atoms with Gasteiger partial charge in [-0.2, -0.15) is 13.2 Å². The molecule has 0 saturated carbocycles. The molecule has 0 spiro atoms. The summed E-state index contributed by atoms with van der Waals surface area (Å²) in [6, 6.07) is 13.8. The second-order valence-electron chi connectivity index (χ2n) is 11.7. The molecule has 46 heavy (non-hydrogen) atoms. The topological polar surface area (TPSA) is 113 Å². The van der Waals surface area contributed by atoms with Gasteiger partial charge in [0.15, 0.2) is 11.5 Å². The van der Waals surface area contributed by atoms with Crippen LogP contribution in [-0.2, 0) is 23.9 Å². The molecule has 3 aromatic rings. The number of amides is 3. The van der Waals surface area contributed by atoms with Crippen LogP contribution in [0.15, 0.2) is 60.7 Å². The third-order valence-corrected chi connectivity index (χ3v) is 8.03. The fourth-order valence-electron chi connectivity index (χ4n) is 5.48. The molecule has 3 amide bonds. The Morgan fingerprint density at radius 3 is 2.41 bits per heavy atom. The summed E-state index contributed by atoms with van der Waals surface area (Å²) in [5.74, 6) is 1.62. The molecule has 5 rings (SSSR count). The minimum atomic E-state index is -4.48. The van der Waals surface area contributed by atoms with Gasteiger partial charge in [0.05, 0.1) is 24.6 Å². The number of ether oxygens (including phenoxy) is 3. The number of aliphatic hydroxyl groups is 1. The predicted octanol–water partition coefficient (Wildman–Crippen LogP) is 5.36. The van der Waals surface area contributed by atoms with Crippen molar-refractivity contribution in [3.8, 4) is 17.2 Å². The summed E-state index contributed by atoms with van der Waals surface area (Å²) in [6.07, 6.45) is -4.84. The van der Waals surface area contributed by atoms with Crippen molar-refractivity contribution in [3.63, 3.8) is 0 Å². The van der Waals surface area contributed by atoms with Gasteiger partial charge in [-0.05, 0) is 74.1 Å². The molecular weight excluding hydrogens is 605 g/mol. The van der Waals surface area contributed by atoms with Crippen LogP contribution < -0.4 is 24.8 Å². The van der Waals surface area contributed by atoms with E-state index < -0.39 is 23.8 Å². The lowest BCUT2D eigenvalue weighted by Gasteiger charge is -2.34. The number of alkyl halides is 3. The number of likely N-dealkylation sites (N-methyl/N-ethyl adjacent to an activating group) is 1. The maximum atomic E-state index is 13.5. The average Bonchev–Trinajstić information content (AvgIpc) is 3.48. The molecular formula is C33H37F3N4O6. The highest BCUT2D eigenvalue weighted by Gasteiger charge is 2.32. The first-order valence-corrected chi connectivity index (χ1v) is 14.9. The Morgan fingerprint density at radius 1 is 1.02 bits per heavy atom. The molecule has 13 heteroatoms. The standard InChI is InChI=1S/C33H37F3N4O6/c1-20-15-40(21(2)18-41)31(42)14-23-13-26(38-32(43)37-25-7-5-24(6-8-25)33(34,35)36)9-11-27(23)46-30(20)17-39(3)16-22-4-10-28-29(12-22)45-19-44-28/h4-13,20-21,30,41H,14-19H2,1-3H3,(H2,37,38,43)/t20-,21+,30+/m1/s1. The monoisotopic (exact) mass is 642 g/mol. The SMILES string of the molecule is C[C@@H]1CN([C@@H](C)CO)C(=O)Cc2cc(NC(=O)Nc3ccc(C(F)(F)F)cc3)ccc2O[C@H]1CN(C)Cc1ccc2c(c1)OCO2. The zero-order valence-corrected chi connectivity index (χ0v) is 25.8. The van der Waals surface area contributed by atoms with Crippen molar-refractivity contribution >= 4 is 23.3 Å². The number of urea groups is 1. The summed E-state index contributed by atoms with van der Waals surface area (Å²) in [5.41, 5.74) is 1.31. The molecule has 2 heterocycles. The number of hydrogen-bond donors (Lipinski definition) is 3. The van der Waals surface area contributed by atoms with Gasteiger partial charge >= 0.3 is 12.2 Å². The first kappa shape index (κ1) is 32.9. The number of rotatable bonds is 8. The van der Waals surface area contributed by atoms with Crippen LogP contribution in [0.2, 0.25) is 0 Å². The fourth-order valence-corrected chi connectivity index (χ4v) is 5.48. The van der Waals surface area contributed by atoms with Gasteiger partial charge < -0.3 is 34.9 Å². The number of fused-ring (bicyclic) bond motifs is 2. The summed E-state index contributed by atoms with van der Waals surface area (Å²) < 4.78 is 56.1. The number of carbonyl (C=O) groups excluding carboxylic acids is 2. The van der Waals surface area contributed by atoms with E-state index in [1.165, 1.54) is 12.1 Å². The van der Waals surface area contributed by atoms with Gasteiger partial charge in [0.1, 0.15) is 11.9 Å². The van der Waals surface area contributed by atoms with E-state index in [1.54, 1.807) is 30.0 Å². The van der Waals surface area contributed by atoms with Crippen LogP contribution in [0.3, 0.4) is 0 Å². The quantitative estimate of drug-likeness (QED) is 0.303. The van der Waals surface area contributed by atoms with Crippen molar-refractivity contribution in [2.45, 2.75) is 45.1 Å². The number of benzene rings is 3. The summed E-state index contributed by atoms with van der Waals surface area (Å²) in [7, 11) is 1.98. The Balaban J connectivity index is 1.33. The Labute approximate surface area is 265 Å². The number of hydrogen-bond acceptors (Lipinski definition) is 7. The smallest absolute Gasteiger partial charge is 0.416 e. The molecule has 3 aromatic carbocycles. The summed E-state index contributed by atoms with van der Waals surface area (Å²) in [6.45, 7) is 5.31. The molecule has 0 bridgehead atoms. The number of aliphatic hydroxyl groups excluding tert-OH is 1. The van der Waals surface area contributed by atoms with E-state index in [-0.39, 0.29) is 43.4 Å². The van der Waals surface area contributed by atoms with Crippen LogP contribution in [0.4, 0.5) is 29.3 Å². The van der Waals surface area contributed by atoms with Crippen LogP contribution in [0.25, 0.3) is 0 Å². The molecule has 246 valence electrons. The fraction of sp³-hybridized carbons (Fsp3) is 0.394. The van der Waals surface area contributed by atoms with Gasteiger partial charge in [0, 0.05) is 42.5 Å². The van der Waals surface area contributed by atoms with E-state index in [0.29, 0.717) is 48.1 Å². The Hall–Kier alpha value is -4.49. The molecule has 0 unspecified atom stereocenters. The van der Waals surface area contributed by atoms with Gasteiger partial charge in [-0.3, -0.25) is 9.69 Å². The van der Waals surface area contributed by atoms with Crippen LogP contribution in [0.1, 0.15) is 30.5 Å². The normalized spacial score (nSPS) is 18.6. The molecule has 3 atom stereocenters. The lowest BCUT2D eigenvalue weighted by molar-refractivity contribution is -0.137. The van der Waals surface area contributed by atoms with E-state index in [0.717, 1.165) is 17.7 Å². The molecule has 3 N–H and O–H groups in total. The summed E-state index contributed by atoms with van der Waals surface area (Å²) >= 11 is 0. The van der Waals surface area contributed by atoms with Gasteiger partial charge in [-0.1, -0.05) is 13.0 Å². The van der Waals surface area contributed by atoms with Crippen molar-refractivity contribution in [1.29, 1.82) is 0 Å². The Morgan fingerprint density at radius 2 is 1.70 bits per heavy atom. The average molecular weight is 643 g/mol. The zero-order chi connectivity index (χ0) is 33.0. The van der Waals surface area contributed by atoms with E-state index in [9.17, 15) is 27.9 Å². The highest BCUT2D eigenvalue weighted by atomic mass is 19.4. The summed E-state index contributed by atoms with van der Waals surface area (Å²) in [4.78, 5) is 30.0. The van der Waals surface area contributed by atoms with Crippen molar-refractivity contribution in [3.05, 3.63) is 77.4 Å². The van der Waals surface area contributed by atoms with Crippen LogP contribution in [0, 0.1) is 5.92 Å². The molecule has 0 aromatic heterocycles. The maximum Gasteiger partial charge on any atom is 0.416 e. The maximum absolute atomic E-state index is 13.5. The van der Waals surface area contributed by atoms with E-state index in [2.05, 4.69) is 15.5 Å². The van der Waals surface area contributed by atoms with Gasteiger partial charge in [0.25, 0.3) is 0 Å². The number of anilines is 2. The van der Waals surface area contributed by atoms with Crippen molar-refractivity contribution in [1.82, 2.24) is 9.80 Å². The molecule has 0 saturated heterocycles. The Bertz CT molecular complexity index is 1550. The summed E-state index contributed by atoms with van der Waals surface area (Å²) in [5, 5.41) is 15.1. The van der Waals surface area contributed by atoms with E-state index in [1.807, 2.05) is 32.2 Å². The van der Waals surface area contributed by atoms with Crippen LogP contribution in [-0.4, -0.2) is 72.5 Å². The molecule has 0 radical (unpaired) electrons. The molecule has 2 aliphatic heterocycles.